The molecule has 6 saturated heterocycles. The Kier molecular flexibility index (Phi) is 13.6. The standard InChI is InChI=1S/C36H56N4O22/c1-35-27(39(19-7-13(45)15(9-41)59-19)33(55)37(31(35)53)3-5-57-29-25(51)23(49)21(47)17(11-43)61-29)28-36(35,2)32(54)38(34(56)40(28)20-8-14(46)16(10-42)60-20)4-6-58-30-26(52)24(50)22(48)18(12-44)62-30/h13-30,41-52H,3-12H2,1-2H3/t13-,14-,15+,16+,17+,18+,19+,20+,21+,22+,23-,24-,25-,26-,27?,28?,29-,30-,35?,36?/m0/s1. The molecule has 0 aromatic heterocycles. The Morgan fingerprint density at radius 2 is 0.855 bits per heavy atom. The van der Waals surface area contributed by atoms with Crippen molar-refractivity contribution in [3.05, 3.63) is 0 Å². The molecule has 1 saturated carbocycles. The highest BCUT2D eigenvalue weighted by Gasteiger charge is 2.84. The molecule has 4 unspecified atom stereocenters. The van der Waals surface area contributed by atoms with Crippen molar-refractivity contribution in [3.63, 3.8) is 0 Å². The van der Waals surface area contributed by atoms with Gasteiger partial charge >= 0.3 is 12.1 Å². The number of carbonyl (C=O) groups excluding carboxylic acids is 4. The van der Waals surface area contributed by atoms with E-state index in [-0.39, 0.29) is 12.8 Å². The van der Waals surface area contributed by atoms with Gasteiger partial charge in [0.25, 0.3) is 0 Å². The van der Waals surface area contributed by atoms with Gasteiger partial charge in [-0.2, -0.15) is 0 Å². The van der Waals surface area contributed by atoms with Gasteiger partial charge in [0.1, 0.15) is 73.5 Å². The summed E-state index contributed by atoms with van der Waals surface area (Å²) >= 11 is 0. The van der Waals surface area contributed by atoms with Gasteiger partial charge in [-0.1, -0.05) is 0 Å². The molecular formula is C36H56N4O22. The van der Waals surface area contributed by atoms with E-state index >= 15 is 0 Å². The molecule has 6 heterocycles. The van der Waals surface area contributed by atoms with Crippen LogP contribution in [0.4, 0.5) is 9.59 Å². The van der Waals surface area contributed by atoms with Crippen molar-refractivity contribution in [2.45, 2.75) is 137 Å². The Morgan fingerprint density at radius 3 is 1.16 bits per heavy atom. The average Bonchev–Trinajstić information content (AvgIpc) is 3.83. The van der Waals surface area contributed by atoms with Gasteiger partial charge in [0, 0.05) is 12.8 Å². The summed E-state index contributed by atoms with van der Waals surface area (Å²) in [6.07, 6.45) is -24.9. The highest BCUT2D eigenvalue weighted by Crippen LogP contribution is 2.66. The van der Waals surface area contributed by atoms with Crippen LogP contribution in [0, 0.1) is 10.8 Å². The van der Waals surface area contributed by atoms with Crippen molar-refractivity contribution >= 4 is 23.9 Å². The summed E-state index contributed by atoms with van der Waals surface area (Å²) in [5.74, 6) is -1.89. The van der Waals surface area contributed by atoms with Crippen molar-refractivity contribution in [2.24, 2.45) is 10.8 Å². The first-order valence-corrected chi connectivity index (χ1v) is 20.3. The topological polar surface area (TPSA) is 379 Å². The van der Waals surface area contributed by atoms with Crippen molar-refractivity contribution in [1.29, 1.82) is 0 Å². The third-order valence-corrected chi connectivity index (χ3v) is 13.7. The summed E-state index contributed by atoms with van der Waals surface area (Å²) in [4.78, 5) is 62.8. The first-order valence-electron chi connectivity index (χ1n) is 20.3. The lowest BCUT2D eigenvalue weighted by Gasteiger charge is -2.73. The number of urea groups is 2. The molecule has 26 heteroatoms. The maximum atomic E-state index is 14.9. The summed E-state index contributed by atoms with van der Waals surface area (Å²) in [6, 6.07) is -4.88. The molecule has 1 aliphatic carbocycles. The molecule has 12 N–H and O–H groups in total. The Labute approximate surface area is 352 Å². The molecule has 6 amide bonds. The number of aliphatic hydroxyl groups excluding tert-OH is 12. The number of aliphatic hydroxyl groups is 12. The van der Waals surface area contributed by atoms with Crippen molar-refractivity contribution in [3.8, 4) is 0 Å². The minimum atomic E-state index is -1.96. The smallest absolute Gasteiger partial charge is 0.329 e. The van der Waals surface area contributed by atoms with E-state index in [4.69, 9.17) is 28.4 Å². The van der Waals surface area contributed by atoms with Gasteiger partial charge in [-0.3, -0.25) is 29.2 Å². The number of imide groups is 2. The Morgan fingerprint density at radius 1 is 0.516 bits per heavy atom. The zero-order valence-electron chi connectivity index (χ0n) is 33.7. The van der Waals surface area contributed by atoms with Crippen LogP contribution in [-0.4, -0.2) is 268 Å². The van der Waals surface area contributed by atoms with E-state index in [2.05, 4.69) is 0 Å². The van der Waals surface area contributed by atoms with Crippen LogP contribution in [0.15, 0.2) is 0 Å². The Bertz CT molecular complexity index is 1560. The number of ether oxygens (including phenoxy) is 6. The molecule has 6 aliphatic heterocycles. The van der Waals surface area contributed by atoms with E-state index < -0.39 is 198 Å². The SMILES string of the molecule is CC12C(=O)N(CCO[C@H]3O[C@H](CO)[C@@H](O)[C@H](O)[C@@H]3O)C(=O)N([C@H]3C[C@H](O)[C@@H](CO)O3)C1C1N([C@H]3C[C@H](O)[C@@H](CO)O3)C(=O)N(CCO[C@H]3O[C@H](CO)[C@@H](O)[C@H](O)[C@@H]3O)C(=O)C12C. The van der Waals surface area contributed by atoms with Crippen molar-refractivity contribution < 1.29 is 109 Å². The molecule has 0 bridgehead atoms. The molecule has 7 fully saturated rings. The Hall–Kier alpha value is -2.84. The summed E-state index contributed by atoms with van der Waals surface area (Å²) in [5, 5.41) is 123. The van der Waals surface area contributed by atoms with E-state index in [0.717, 1.165) is 19.6 Å². The first-order chi connectivity index (χ1) is 29.3. The van der Waals surface area contributed by atoms with Gasteiger partial charge in [-0.05, 0) is 13.8 Å². The van der Waals surface area contributed by atoms with Crippen LogP contribution in [0.3, 0.4) is 0 Å². The fourth-order valence-corrected chi connectivity index (χ4v) is 9.99. The zero-order valence-corrected chi connectivity index (χ0v) is 33.7. The third kappa shape index (κ3) is 7.21. The number of hydrogen-bond acceptors (Lipinski definition) is 22. The molecule has 352 valence electrons. The number of amides is 6. The number of carbonyl (C=O) groups is 4. The molecule has 20 atom stereocenters. The molecular weight excluding hydrogens is 840 g/mol. The summed E-state index contributed by atoms with van der Waals surface area (Å²) in [6.45, 7) is -2.42. The predicted octanol–water partition coefficient (Wildman–Crippen LogP) is -8.15. The molecule has 0 aromatic rings. The van der Waals surface area contributed by atoms with Crippen molar-refractivity contribution in [1.82, 2.24) is 19.6 Å². The maximum Gasteiger partial charge on any atom is 0.329 e. The van der Waals surface area contributed by atoms with E-state index in [1.54, 1.807) is 0 Å². The van der Waals surface area contributed by atoms with Crippen LogP contribution >= 0.6 is 0 Å². The van der Waals surface area contributed by atoms with Crippen molar-refractivity contribution in [2.75, 3.05) is 52.7 Å². The summed E-state index contributed by atoms with van der Waals surface area (Å²) in [5.41, 5.74) is -3.92. The van der Waals surface area contributed by atoms with Crippen LogP contribution < -0.4 is 0 Å². The van der Waals surface area contributed by atoms with Gasteiger partial charge in [0.15, 0.2) is 12.6 Å². The summed E-state index contributed by atoms with van der Waals surface area (Å²) in [7, 11) is 0. The number of nitrogens with zero attached hydrogens (tertiary/aromatic N) is 4. The third-order valence-electron chi connectivity index (χ3n) is 13.7. The fraction of sp³-hybridized carbons (Fsp3) is 0.889. The van der Waals surface area contributed by atoms with Gasteiger partial charge in [-0.15, -0.1) is 0 Å². The number of rotatable bonds is 14. The maximum absolute atomic E-state index is 14.9. The number of hydrogen-bond donors (Lipinski definition) is 12. The highest BCUT2D eigenvalue weighted by molar-refractivity contribution is 6.11. The number of fused-ring (bicyclic) bond motifs is 4. The lowest BCUT2D eigenvalue weighted by molar-refractivity contribution is -0.302. The molecule has 62 heavy (non-hydrogen) atoms. The largest absolute Gasteiger partial charge is 0.394 e. The molecule has 0 aromatic carbocycles. The monoisotopic (exact) mass is 896 g/mol. The van der Waals surface area contributed by atoms with E-state index in [1.807, 2.05) is 0 Å². The second-order valence-electron chi connectivity index (χ2n) is 17.0. The molecule has 26 nitrogen and oxygen atoms in total. The van der Waals surface area contributed by atoms with Gasteiger partial charge in [0.2, 0.25) is 11.8 Å². The molecule has 0 spiro atoms. The Balaban J connectivity index is 1.21. The first kappa shape index (κ1) is 47.1. The highest BCUT2D eigenvalue weighted by atomic mass is 16.7. The van der Waals surface area contributed by atoms with Gasteiger partial charge in [0.05, 0.1) is 87.9 Å². The van der Waals surface area contributed by atoms with Crippen LogP contribution in [-0.2, 0) is 38.0 Å². The normalized spacial score (nSPS) is 47.3. The van der Waals surface area contributed by atoms with Crippen LogP contribution in [0.1, 0.15) is 26.7 Å². The average molecular weight is 897 g/mol. The molecule has 7 aliphatic rings. The van der Waals surface area contributed by atoms with E-state index in [1.165, 1.54) is 13.8 Å². The second-order valence-corrected chi connectivity index (χ2v) is 17.0. The zero-order chi connectivity index (χ0) is 45.3. The van der Waals surface area contributed by atoms with Crippen LogP contribution in [0.2, 0.25) is 0 Å². The predicted molar refractivity (Wildman–Crippen MR) is 194 cm³/mol. The minimum absolute atomic E-state index is 0.287. The molecule has 7 rings (SSSR count). The van der Waals surface area contributed by atoms with E-state index in [0.29, 0.717) is 0 Å². The van der Waals surface area contributed by atoms with Gasteiger partial charge < -0.3 is 89.7 Å². The summed E-state index contributed by atoms with van der Waals surface area (Å²) < 4.78 is 33.8. The van der Waals surface area contributed by atoms with Crippen LogP contribution in [0.5, 0.6) is 0 Å². The van der Waals surface area contributed by atoms with Gasteiger partial charge in [-0.25, -0.2) is 9.59 Å². The van der Waals surface area contributed by atoms with E-state index in [9.17, 15) is 80.5 Å². The fourth-order valence-electron chi connectivity index (χ4n) is 9.99. The second kappa shape index (κ2) is 17.9. The minimum Gasteiger partial charge on any atom is -0.394 e. The van der Waals surface area contributed by atoms with Crippen LogP contribution in [0.25, 0.3) is 0 Å². The quantitative estimate of drug-likeness (QED) is 0.0770. The molecule has 0 radical (unpaired) electrons. The lowest BCUT2D eigenvalue weighted by atomic mass is 9.41. The lowest BCUT2D eigenvalue weighted by Crippen LogP contribution is -2.92.